The fourth-order valence-corrected chi connectivity index (χ4v) is 3.10. The predicted octanol–water partition coefficient (Wildman–Crippen LogP) is 2.98. The molecule has 0 heterocycles. The maximum Gasteiger partial charge on any atom is 0.310 e. The number of carbonyl (C=O) groups is 1. The molecular formula is C16H18O2. The van der Waals surface area contributed by atoms with Crippen LogP contribution in [-0.4, -0.2) is 12.6 Å². The first kappa shape index (κ1) is 11.5. The molecule has 18 heavy (non-hydrogen) atoms. The molecule has 0 aliphatic heterocycles. The Morgan fingerprint density at radius 3 is 2.67 bits per heavy atom. The smallest absolute Gasteiger partial charge is 0.310 e. The molecule has 0 spiro atoms. The number of rotatable bonds is 4. The van der Waals surface area contributed by atoms with Crippen molar-refractivity contribution in [2.75, 3.05) is 6.61 Å². The fraction of sp³-hybridized carbons (Fsp3) is 0.438. The number of benzene rings is 1. The van der Waals surface area contributed by atoms with Gasteiger partial charge in [0.2, 0.25) is 0 Å². The van der Waals surface area contributed by atoms with Gasteiger partial charge in [-0.1, -0.05) is 42.5 Å². The number of allylic oxidation sites excluding steroid dienone is 2. The topological polar surface area (TPSA) is 26.3 Å². The quantitative estimate of drug-likeness (QED) is 0.599. The molecule has 2 nitrogen and oxygen atoms in total. The van der Waals surface area contributed by atoms with E-state index in [-0.39, 0.29) is 5.97 Å². The molecule has 0 N–H and O–H groups in total. The van der Waals surface area contributed by atoms with Gasteiger partial charge in [-0.3, -0.25) is 4.79 Å². The number of esters is 1. The second-order valence-corrected chi connectivity index (χ2v) is 5.39. The van der Waals surface area contributed by atoms with Crippen molar-refractivity contribution in [1.29, 1.82) is 0 Å². The van der Waals surface area contributed by atoms with E-state index in [4.69, 9.17) is 4.74 Å². The Kier molecular flexibility index (Phi) is 3.18. The monoisotopic (exact) mass is 242 g/mol. The average Bonchev–Trinajstić information content (AvgIpc) is 3.00. The van der Waals surface area contributed by atoms with Gasteiger partial charge >= 0.3 is 5.97 Å². The molecule has 0 aromatic heterocycles. The van der Waals surface area contributed by atoms with Gasteiger partial charge in [0.15, 0.2) is 0 Å². The largest absolute Gasteiger partial charge is 0.465 e. The Balaban J connectivity index is 1.46. The molecule has 1 saturated carbocycles. The summed E-state index contributed by atoms with van der Waals surface area (Å²) in [7, 11) is 0. The van der Waals surface area contributed by atoms with Crippen LogP contribution >= 0.6 is 0 Å². The van der Waals surface area contributed by atoms with Crippen molar-refractivity contribution >= 4 is 5.97 Å². The highest BCUT2D eigenvalue weighted by Crippen LogP contribution is 2.43. The first-order chi connectivity index (χ1) is 8.81. The summed E-state index contributed by atoms with van der Waals surface area (Å²) >= 11 is 0. The Bertz CT molecular complexity index is 449. The van der Waals surface area contributed by atoms with Crippen molar-refractivity contribution in [2.45, 2.75) is 19.3 Å². The third-order valence-corrected chi connectivity index (χ3v) is 4.07. The normalized spacial score (nSPS) is 28.6. The zero-order valence-electron chi connectivity index (χ0n) is 10.4. The lowest BCUT2D eigenvalue weighted by molar-refractivity contribution is -0.144. The van der Waals surface area contributed by atoms with E-state index in [2.05, 4.69) is 12.2 Å². The van der Waals surface area contributed by atoms with Gasteiger partial charge in [-0.15, -0.1) is 0 Å². The highest BCUT2D eigenvalue weighted by atomic mass is 16.5. The highest BCUT2D eigenvalue weighted by molar-refractivity contribution is 5.72. The van der Waals surface area contributed by atoms with Gasteiger partial charge in [0.25, 0.3) is 0 Å². The van der Waals surface area contributed by atoms with Gasteiger partial charge < -0.3 is 4.74 Å². The number of hydrogen-bond acceptors (Lipinski definition) is 2. The van der Waals surface area contributed by atoms with Gasteiger partial charge in [-0.05, 0) is 36.2 Å². The summed E-state index contributed by atoms with van der Waals surface area (Å²) in [6.45, 7) is 0.594. The van der Waals surface area contributed by atoms with E-state index in [0.29, 0.717) is 24.9 Å². The summed E-state index contributed by atoms with van der Waals surface area (Å²) < 4.78 is 5.41. The van der Waals surface area contributed by atoms with Gasteiger partial charge in [-0.25, -0.2) is 0 Å². The van der Waals surface area contributed by atoms with Gasteiger partial charge in [-0.2, -0.15) is 0 Å². The van der Waals surface area contributed by atoms with Crippen molar-refractivity contribution in [3.63, 3.8) is 0 Å². The van der Waals surface area contributed by atoms with Crippen LogP contribution in [0.15, 0.2) is 42.5 Å². The van der Waals surface area contributed by atoms with Crippen LogP contribution in [0.5, 0.6) is 0 Å². The summed E-state index contributed by atoms with van der Waals surface area (Å²) in [5.41, 5.74) is 1.02. The lowest BCUT2D eigenvalue weighted by Crippen LogP contribution is -2.18. The zero-order chi connectivity index (χ0) is 12.4. The molecule has 0 saturated heterocycles. The van der Waals surface area contributed by atoms with Gasteiger partial charge in [0, 0.05) is 0 Å². The van der Waals surface area contributed by atoms with Gasteiger partial charge in [0.05, 0.1) is 13.0 Å². The van der Waals surface area contributed by atoms with Crippen LogP contribution in [0.25, 0.3) is 0 Å². The van der Waals surface area contributed by atoms with E-state index in [9.17, 15) is 4.79 Å². The molecule has 1 fully saturated rings. The number of hydrogen-bond donors (Lipinski definition) is 0. The maximum absolute atomic E-state index is 11.7. The highest BCUT2D eigenvalue weighted by Gasteiger charge is 2.36. The third kappa shape index (κ3) is 2.47. The number of carbonyl (C=O) groups excluding carboxylic acids is 1. The molecule has 0 amide bonds. The lowest BCUT2D eigenvalue weighted by atomic mass is 9.95. The van der Waals surface area contributed by atoms with E-state index in [1.54, 1.807) is 0 Å². The molecule has 1 aromatic carbocycles. The Morgan fingerprint density at radius 2 is 2.00 bits per heavy atom. The SMILES string of the molecule is O=C(Cc1ccccc1)OC[C@@H]1C[C@@H]2C=C[C@H]1C2. The molecule has 2 bridgehead atoms. The lowest BCUT2D eigenvalue weighted by Gasteiger charge is -2.17. The molecule has 2 aliphatic rings. The Hall–Kier alpha value is -1.57. The summed E-state index contributed by atoms with van der Waals surface area (Å²) in [6.07, 6.45) is 7.45. The molecule has 2 heteroatoms. The molecule has 2 aliphatic carbocycles. The zero-order valence-corrected chi connectivity index (χ0v) is 10.4. The molecule has 0 radical (unpaired) electrons. The van der Waals surface area contributed by atoms with Crippen molar-refractivity contribution in [2.24, 2.45) is 17.8 Å². The van der Waals surface area contributed by atoms with Crippen LogP contribution in [-0.2, 0) is 16.0 Å². The molecule has 3 atom stereocenters. The first-order valence-electron chi connectivity index (χ1n) is 6.69. The number of fused-ring (bicyclic) bond motifs is 2. The van der Waals surface area contributed by atoms with Crippen molar-refractivity contribution in [3.05, 3.63) is 48.0 Å². The van der Waals surface area contributed by atoms with E-state index >= 15 is 0 Å². The average molecular weight is 242 g/mol. The summed E-state index contributed by atoms with van der Waals surface area (Å²) in [5, 5.41) is 0. The van der Waals surface area contributed by atoms with Crippen LogP contribution in [0.2, 0.25) is 0 Å². The van der Waals surface area contributed by atoms with E-state index in [1.165, 1.54) is 12.8 Å². The minimum absolute atomic E-state index is 0.104. The fourth-order valence-electron chi connectivity index (χ4n) is 3.10. The van der Waals surface area contributed by atoms with Crippen molar-refractivity contribution in [1.82, 2.24) is 0 Å². The van der Waals surface area contributed by atoms with Crippen LogP contribution in [0, 0.1) is 17.8 Å². The minimum atomic E-state index is -0.104. The van der Waals surface area contributed by atoms with Crippen LogP contribution in [0.1, 0.15) is 18.4 Å². The summed E-state index contributed by atoms with van der Waals surface area (Å²) in [5.74, 6) is 1.85. The van der Waals surface area contributed by atoms with E-state index in [1.807, 2.05) is 30.3 Å². The summed E-state index contributed by atoms with van der Waals surface area (Å²) in [4.78, 5) is 11.7. The summed E-state index contributed by atoms with van der Waals surface area (Å²) in [6, 6.07) is 9.77. The standard InChI is InChI=1S/C16H18O2/c17-16(10-12-4-2-1-3-5-12)18-11-15-9-13-6-7-14(15)8-13/h1-7,13-15H,8-11H2/t13-,14+,15+/m1/s1. The second kappa shape index (κ2) is 4.97. The van der Waals surface area contributed by atoms with Crippen LogP contribution in [0.3, 0.4) is 0 Å². The van der Waals surface area contributed by atoms with E-state index in [0.717, 1.165) is 11.5 Å². The molecule has 3 rings (SSSR count). The second-order valence-electron chi connectivity index (χ2n) is 5.39. The van der Waals surface area contributed by atoms with Crippen LogP contribution < -0.4 is 0 Å². The Morgan fingerprint density at radius 1 is 1.17 bits per heavy atom. The van der Waals surface area contributed by atoms with Crippen molar-refractivity contribution < 1.29 is 9.53 Å². The predicted molar refractivity (Wildman–Crippen MR) is 69.9 cm³/mol. The number of ether oxygens (including phenoxy) is 1. The molecule has 1 aromatic rings. The van der Waals surface area contributed by atoms with Crippen LogP contribution in [0.4, 0.5) is 0 Å². The van der Waals surface area contributed by atoms with E-state index < -0.39 is 0 Å². The molecular weight excluding hydrogens is 224 g/mol. The molecule has 0 unspecified atom stereocenters. The van der Waals surface area contributed by atoms with Gasteiger partial charge in [0.1, 0.15) is 0 Å². The first-order valence-corrected chi connectivity index (χ1v) is 6.69. The van der Waals surface area contributed by atoms with Crippen molar-refractivity contribution in [3.8, 4) is 0 Å². The Labute approximate surface area is 108 Å². The minimum Gasteiger partial charge on any atom is -0.465 e. The molecule has 94 valence electrons. The maximum atomic E-state index is 11.7. The third-order valence-electron chi connectivity index (χ3n) is 4.07.